The highest BCUT2D eigenvalue weighted by Gasteiger charge is 2.25. The van der Waals surface area contributed by atoms with Crippen LogP contribution in [-0.4, -0.2) is 92.4 Å². The highest BCUT2D eigenvalue weighted by molar-refractivity contribution is 5.85. The summed E-state index contributed by atoms with van der Waals surface area (Å²) in [7, 11) is 1.81. The summed E-state index contributed by atoms with van der Waals surface area (Å²) in [6.45, 7) is 17.5. The molecule has 0 aromatic carbocycles. The molecular formula is C64H118N4O10. The molecule has 14 nitrogen and oxygen atoms in total. The number of unbranched alkanes of at least 4 members (excludes halogenated alkanes) is 21. The van der Waals surface area contributed by atoms with E-state index in [1.807, 2.05) is 34.7 Å². The Bertz CT molecular complexity index is 1590. The summed E-state index contributed by atoms with van der Waals surface area (Å²) < 4.78 is 17.2. The van der Waals surface area contributed by atoms with Crippen LogP contribution in [0.15, 0.2) is 12.2 Å². The van der Waals surface area contributed by atoms with Gasteiger partial charge in [0, 0.05) is 32.2 Å². The normalized spacial score (nSPS) is 13.5. The Balaban J connectivity index is 4.36. The molecule has 0 radical (unpaired) electrons. The average molecular weight is 1100 g/mol. The maximum absolute atomic E-state index is 13.2. The molecule has 0 fully saturated rings. The molecule has 0 aliphatic heterocycles. The lowest BCUT2D eigenvalue weighted by Gasteiger charge is -2.20. The second kappa shape index (κ2) is 51.3. The van der Waals surface area contributed by atoms with Gasteiger partial charge in [-0.15, -0.1) is 0 Å². The van der Waals surface area contributed by atoms with Crippen molar-refractivity contribution in [2.45, 2.75) is 311 Å². The average Bonchev–Trinajstić information content (AvgIpc) is 3.39. The van der Waals surface area contributed by atoms with Crippen LogP contribution in [0.3, 0.4) is 0 Å². The summed E-state index contributed by atoms with van der Waals surface area (Å²) in [6.07, 6.45) is 36.2. The van der Waals surface area contributed by atoms with E-state index < -0.39 is 24.0 Å². The lowest BCUT2D eigenvalue weighted by atomic mass is 10.0. The van der Waals surface area contributed by atoms with Crippen LogP contribution in [0, 0.1) is 17.8 Å². The number of carbonyl (C=O) groups excluding carboxylic acids is 7. The molecule has 454 valence electrons. The van der Waals surface area contributed by atoms with E-state index in [0.717, 1.165) is 128 Å². The Hall–Kier alpha value is -3.81. The summed E-state index contributed by atoms with van der Waals surface area (Å²) in [5.74, 6) is -0.142. The predicted molar refractivity (Wildman–Crippen MR) is 318 cm³/mol. The summed E-state index contributed by atoms with van der Waals surface area (Å²) in [5, 5.41) is 12.0. The van der Waals surface area contributed by atoms with Gasteiger partial charge in [-0.3, -0.25) is 19.2 Å². The van der Waals surface area contributed by atoms with Gasteiger partial charge in [-0.25, -0.2) is 9.59 Å². The molecule has 0 rings (SSSR count). The van der Waals surface area contributed by atoms with Crippen molar-refractivity contribution >= 4 is 41.4 Å². The number of carbonyl (C=O) groups is 7. The molecule has 0 aliphatic rings. The van der Waals surface area contributed by atoms with Gasteiger partial charge in [-0.05, 0) is 141 Å². The van der Waals surface area contributed by atoms with Gasteiger partial charge >= 0.3 is 17.9 Å². The monoisotopic (exact) mass is 1100 g/mol. The van der Waals surface area contributed by atoms with E-state index in [4.69, 9.17) is 14.2 Å². The fourth-order valence-corrected chi connectivity index (χ4v) is 9.50. The largest absolute Gasteiger partial charge is 0.464 e. The Morgan fingerprint density at radius 3 is 1.31 bits per heavy atom. The topological polar surface area (TPSA) is 195 Å². The SMILES string of the molecule is CCCCCCCC(/C=C\C(C)CCCCCC)OC(=O)C(CCCCNC(=O)CCCCCCCCC(=O)NC(CC(C)C)C(=O)OCCCCCCOC(=O)C(CC(C)C)NC(=O)CCCCCCCCC(C)=O)NC. The van der Waals surface area contributed by atoms with E-state index in [9.17, 15) is 33.6 Å². The van der Waals surface area contributed by atoms with Crippen LogP contribution in [0.2, 0.25) is 0 Å². The molecule has 0 aromatic rings. The van der Waals surface area contributed by atoms with Crippen LogP contribution in [0.4, 0.5) is 0 Å². The second-order valence-electron chi connectivity index (χ2n) is 23.3. The molecule has 0 aromatic heterocycles. The number of likely N-dealkylation sites (N-methyl/N-ethyl adjacent to an activating group) is 1. The van der Waals surface area contributed by atoms with E-state index in [2.05, 4.69) is 54.2 Å². The van der Waals surface area contributed by atoms with E-state index in [1.165, 1.54) is 44.9 Å². The van der Waals surface area contributed by atoms with Gasteiger partial charge in [0.25, 0.3) is 0 Å². The minimum absolute atomic E-state index is 0.0536. The van der Waals surface area contributed by atoms with E-state index in [0.29, 0.717) is 70.3 Å². The van der Waals surface area contributed by atoms with Crippen molar-refractivity contribution in [3.05, 3.63) is 12.2 Å². The molecular weight excluding hydrogens is 985 g/mol. The third kappa shape index (κ3) is 46.0. The number of ketones is 1. The highest BCUT2D eigenvalue weighted by Crippen LogP contribution is 2.18. The minimum Gasteiger partial charge on any atom is -0.464 e. The van der Waals surface area contributed by atoms with Crippen molar-refractivity contribution < 1.29 is 47.8 Å². The minimum atomic E-state index is -0.690. The standard InChI is InChI=1S/C64H118N4O10/c1-10-12-14-20-29-39-55(45-44-53(7)37-27-15-13-11-2)78-64(75)56(65-9)40-33-34-46-66-59(70)41-30-22-18-19-24-32-43-61(72)68-58(50-52(5)6)63(74)77-48-36-26-25-35-47-76-62(73)57(49-51(3)4)67-60(71)42-31-23-17-16-21-28-38-54(8)69/h44-45,51-53,55-58,65H,10-43,46-50H2,1-9H3,(H,66,70)(H,67,71)(H,68,72)/b45-44-. The maximum Gasteiger partial charge on any atom is 0.328 e. The zero-order chi connectivity index (χ0) is 58.0. The molecule has 14 heteroatoms. The van der Waals surface area contributed by atoms with Crippen molar-refractivity contribution in [1.82, 2.24) is 21.3 Å². The van der Waals surface area contributed by atoms with E-state index in [-0.39, 0.29) is 66.7 Å². The first-order chi connectivity index (χ1) is 37.5. The van der Waals surface area contributed by atoms with Crippen LogP contribution >= 0.6 is 0 Å². The van der Waals surface area contributed by atoms with Gasteiger partial charge in [0.05, 0.1) is 13.2 Å². The Labute approximate surface area is 476 Å². The van der Waals surface area contributed by atoms with Gasteiger partial charge in [0.2, 0.25) is 17.7 Å². The number of allylic oxidation sites excluding steroid dienone is 1. The number of hydrogen-bond donors (Lipinski definition) is 4. The van der Waals surface area contributed by atoms with E-state index >= 15 is 0 Å². The number of nitrogens with one attached hydrogen (secondary N) is 4. The Morgan fingerprint density at radius 2 is 0.833 bits per heavy atom. The summed E-state index contributed by atoms with van der Waals surface area (Å²) in [5.41, 5.74) is 0. The number of amides is 3. The van der Waals surface area contributed by atoms with Crippen molar-refractivity contribution in [1.29, 1.82) is 0 Å². The number of Topliss-reactive ketones (excluding diaryl/α,β-unsaturated/α-hetero) is 1. The van der Waals surface area contributed by atoms with Gasteiger partial charge in [-0.1, -0.05) is 157 Å². The van der Waals surface area contributed by atoms with Crippen molar-refractivity contribution in [3.63, 3.8) is 0 Å². The fraction of sp³-hybridized carbons (Fsp3) is 0.859. The maximum atomic E-state index is 13.2. The number of rotatable bonds is 54. The molecule has 0 aliphatic carbocycles. The van der Waals surface area contributed by atoms with E-state index in [1.54, 1.807) is 6.92 Å². The molecule has 3 amide bonds. The summed E-state index contributed by atoms with van der Waals surface area (Å²) in [6, 6.07) is -1.73. The van der Waals surface area contributed by atoms with Crippen molar-refractivity contribution in [2.24, 2.45) is 17.8 Å². The number of hydrogen-bond acceptors (Lipinski definition) is 11. The van der Waals surface area contributed by atoms with Gasteiger partial charge in [-0.2, -0.15) is 0 Å². The third-order valence-corrected chi connectivity index (χ3v) is 14.3. The first kappa shape index (κ1) is 74.2. The number of ether oxygens (including phenoxy) is 3. The summed E-state index contributed by atoms with van der Waals surface area (Å²) in [4.78, 5) is 88.2. The highest BCUT2D eigenvalue weighted by atomic mass is 16.5. The van der Waals surface area contributed by atoms with Crippen LogP contribution in [-0.2, 0) is 47.8 Å². The first-order valence-electron chi connectivity index (χ1n) is 31.8. The zero-order valence-electron chi connectivity index (χ0n) is 51.4. The first-order valence-corrected chi connectivity index (χ1v) is 31.8. The van der Waals surface area contributed by atoms with Gasteiger partial charge in [0.1, 0.15) is 30.0 Å². The molecule has 0 bridgehead atoms. The third-order valence-electron chi connectivity index (χ3n) is 14.3. The molecule has 0 saturated heterocycles. The Kier molecular flexibility index (Phi) is 48.8. The molecule has 4 N–H and O–H groups in total. The van der Waals surface area contributed by atoms with Crippen LogP contribution in [0.5, 0.6) is 0 Å². The van der Waals surface area contributed by atoms with Crippen LogP contribution < -0.4 is 21.3 Å². The number of esters is 3. The van der Waals surface area contributed by atoms with Gasteiger partial charge in [0.15, 0.2) is 0 Å². The molecule has 0 spiro atoms. The smallest absolute Gasteiger partial charge is 0.328 e. The zero-order valence-corrected chi connectivity index (χ0v) is 51.4. The second-order valence-corrected chi connectivity index (χ2v) is 23.3. The van der Waals surface area contributed by atoms with Crippen LogP contribution in [0.1, 0.15) is 287 Å². The molecule has 5 atom stereocenters. The van der Waals surface area contributed by atoms with Gasteiger partial charge < -0.3 is 40.3 Å². The Morgan fingerprint density at radius 1 is 0.423 bits per heavy atom. The molecule has 78 heavy (non-hydrogen) atoms. The molecule has 0 saturated carbocycles. The predicted octanol–water partition coefficient (Wildman–Crippen LogP) is 13.8. The lowest BCUT2D eigenvalue weighted by Crippen LogP contribution is -2.42. The lowest BCUT2D eigenvalue weighted by molar-refractivity contribution is -0.150. The quantitative estimate of drug-likeness (QED) is 0.0196. The molecule has 0 heterocycles. The molecule has 5 unspecified atom stereocenters. The van der Waals surface area contributed by atoms with Crippen molar-refractivity contribution in [3.8, 4) is 0 Å². The summed E-state index contributed by atoms with van der Waals surface area (Å²) >= 11 is 0. The van der Waals surface area contributed by atoms with Crippen molar-refractivity contribution in [2.75, 3.05) is 26.8 Å². The van der Waals surface area contributed by atoms with Crippen LogP contribution in [0.25, 0.3) is 0 Å². The fourth-order valence-electron chi connectivity index (χ4n) is 9.50.